The van der Waals surface area contributed by atoms with Crippen LogP contribution in [0.1, 0.15) is 41.1 Å². The molecule has 2 aromatic heterocycles. The number of rotatable bonds is 7. The molecule has 32 heavy (non-hydrogen) atoms. The zero-order valence-electron chi connectivity index (χ0n) is 17.6. The summed E-state index contributed by atoms with van der Waals surface area (Å²) in [7, 11) is 1.83. The van der Waals surface area contributed by atoms with E-state index < -0.39 is 0 Å². The number of halogens is 1. The Hall–Kier alpha value is -2.54. The molecule has 10 heteroatoms. The molecule has 0 aliphatic heterocycles. The second kappa shape index (κ2) is 10.4. The lowest BCUT2D eigenvalue weighted by molar-refractivity contribution is -0.113. The zero-order valence-corrected chi connectivity index (χ0v) is 19.9. The minimum atomic E-state index is -0.167. The third kappa shape index (κ3) is 5.09. The lowest BCUT2D eigenvalue weighted by atomic mass is 10.1. The maximum absolute atomic E-state index is 12.6. The van der Waals surface area contributed by atoms with E-state index in [2.05, 4.69) is 21.6 Å². The van der Waals surface area contributed by atoms with Gasteiger partial charge in [-0.1, -0.05) is 41.9 Å². The lowest BCUT2D eigenvalue weighted by Gasteiger charge is -2.08. The van der Waals surface area contributed by atoms with E-state index in [9.17, 15) is 10.1 Å². The number of thiophene rings is 1. The van der Waals surface area contributed by atoms with Gasteiger partial charge in [0, 0.05) is 11.9 Å². The van der Waals surface area contributed by atoms with Gasteiger partial charge in [-0.2, -0.15) is 5.26 Å². The first-order chi connectivity index (χ1) is 15.6. The van der Waals surface area contributed by atoms with Crippen LogP contribution < -0.4 is 10.1 Å². The zero-order chi connectivity index (χ0) is 22.5. The third-order valence-electron chi connectivity index (χ3n) is 5.24. The van der Waals surface area contributed by atoms with Gasteiger partial charge < -0.3 is 14.6 Å². The predicted molar refractivity (Wildman–Crippen MR) is 126 cm³/mol. The molecule has 0 radical (unpaired) electrons. The van der Waals surface area contributed by atoms with Crippen molar-refractivity contribution in [2.24, 2.45) is 7.05 Å². The summed E-state index contributed by atoms with van der Waals surface area (Å²) in [5.74, 6) is 1.21. The summed E-state index contributed by atoms with van der Waals surface area (Å²) in [6, 6.07) is 9.53. The van der Waals surface area contributed by atoms with Gasteiger partial charge in [0.25, 0.3) is 0 Å². The number of carbonyl (C=O) groups is 1. The molecule has 7 nitrogen and oxygen atoms in total. The van der Waals surface area contributed by atoms with E-state index in [0.29, 0.717) is 32.3 Å². The van der Waals surface area contributed by atoms with Gasteiger partial charge in [0.15, 0.2) is 11.0 Å². The van der Waals surface area contributed by atoms with Gasteiger partial charge in [0.2, 0.25) is 5.91 Å². The summed E-state index contributed by atoms with van der Waals surface area (Å²) in [5, 5.41) is 22.7. The van der Waals surface area contributed by atoms with Crippen LogP contribution in [0.5, 0.6) is 5.75 Å². The summed E-state index contributed by atoms with van der Waals surface area (Å²) in [4.78, 5) is 13.8. The largest absolute Gasteiger partial charge is 0.484 e. The quantitative estimate of drug-likeness (QED) is 0.373. The second-order valence-corrected chi connectivity index (χ2v) is 9.85. The monoisotopic (exact) mass is 487 g/mol. The Kier molecular flexibility index (Phi) is 7.35. The number of fused-ring (bicyclic) bond motifs is 1. The SMILES string of the molecule is Cn1c(COc2ccccc2Cl)nnc1SCC(=O)Nc1sc2c(c1C#N)CCCCC2. The number of nitriles is 1. The summed E-state index contributed by atoms with van der Waals surface area (Å²) in [6.45, 7) is 0.215. The van der Waals surface area contributed by atoms with Crippen LogP contribution in [-0.2, 0) is 31.3 Å². The van der Waals surface area contributed by atoms with Gasteiger partial charge >= 0.3 is 0 Å². The highest BCUT2D eigenvalue weighted by Crippen LogP contribution is 2.37. The molecule has 0 atom stereocenters. The highest BCUT2D eigenvalue weighted by molar-refractivity contribution is 7.99. The van der Waals surface area contributed by atoms with E-state index in [1.54, 1.807) is 16.7 Å². The van der Waals surface area contributed by atoms with Crippen LogP contribution in [0.4, 0.5) is 5.00 Å². The third-order valence-corrected chi connectivity index (χ3v) is 7.78. The minimum Gasteiger partial charge on any atom is -0.484 e. The highest BCUT2D eigenvalue weighted by Gasteiger charge is 2.21. The van der Waals surface area contributed by atoms with E-state index in [-0.39, 0.29) is 18.3 Å². The van der Waals surface area contributed by atoms with Crippen molar-refractivity contribution in [3.63, 3.8) is 0 Å². The smallest absolute Gasteiger partial charge is 0.235 e. The number of ether oxygens (including phenoxy) is 1. The minimum absolute atomic E-state index is 0.167. The van der Waals surface area contributed by atoms with E-state index in [1.807, 2.05) is 19.2 Å². The second-order valence-electron chi connectivity index (χ2n) is 7.39. The molecule has 0 unspecified atom stereocenters. The number of amides is 1. The molecule has 2 heterocycles. The number of nitrogens with zero attached hydrogens (tertiary/aromatic N) is 4. The molecular weight excluding hydrogens is 466 g/mol. The van der Waals surface area contributed by atoms with E-state index in [1.165, 1.54) is 34.4 Å². The van der Waals surface area contributed by atoms with Gasteiger partial charge in [-0.15, -0.1) is 21.5 Å². The predicted octanol–water partition coefficient (Wildman–Crippen LogP) is 4.98. The van der Waals surface area contributed by atoms with Crippen LogP contribution in [0.2, 0.25) is 5.02 Å². The number of thioether (sulfide) groups is 1. The molecule has 1 aromatic carbocycles. The Morgan fingerprint density at radius 3 is 2.94 bits per heavy atom. The topological polar surface area (TPSA) is 92.8 Å². The normalized spacial score (nSPS) is 13.2. The molecular formula is C22H22ClN5O2S2. The number of aromatic nitrogens is 3. The van der Waals surface area contributed by atoms with Crippen LogP contribution in [-0.4, -0.2) is 26.4 Å². The number of carbonyl (C=O) groups excluding carboxylic acids is 1. The Balaban J connectivity index is 1.35. The average Bonchev–Trinajstić information content (AvgIpc) is 3.20. The van der Waals surface area contributed by atoms with E-state index in [4.69, 9.17) is 16.3 Å². The highest BCUT2D eigenvalue weighted by atomic mass is 35.5. The molecule has 1 amide bonds. The van der Waals surface area contributed by atoms with Crippen molar-refractivity contribution in [2.75, 3.05) is 11.1 Å². The van der Waals surface area contributed by atoms with Crippen molar-refractivity contribution in [1.29, 1.82) is 5.26 Å². The number of benzene rings is 1. The first-order valence-electron chi connectivity index (χ1n) is 10.3. The maximum atomic E-state index is 12.6. The first kappa shape index (κ1) is 22.6. The van der Waals surface area contributed by atoms with Crippen LogP contribution in [0.3, 0.4) is 0 Å². The van der Waals surface area contributed by atoms with Gasteiger partial charge in [-0.3, -0.25) is 4.79 Å². The Bertz CT molecular complexity index is 1170. The lowest BCUT2D eigenvalue weighted by Crippen LogP contribution is -2.14. The molecule has 1 aliphatic carbocycles. The van der Waals surface area contributed by atoms with E-state index >= 15 is 0 Å². The van der Waals surface area contributed by atoms with Gasteiger partial charge in [-0.05, 0) is 43.4 Å². The number of nitrogens with one attached hydrogen (secondary N) is 1. The number of anilines is 1. The Morgan fingerprint density at radius 1 is 1.31 bits per heavy atom. The number of hydrogen-bond donors (Lipinski definition) is 1. The summed E-state index contributed by atoms with van der Waals surface area (Å²) in [6.07, 6.45) is 5.31. The Labute approximate surface area is 199 Å². The van der Waals surface area contributed by atoms with Crippen LogP contribution in [0.15, 0.2) is 29.4 Å². The summed E-state index contributed by atoms with van der Waals surface area (Å²) < 4.78 is 7.52. The molecule has 0 spiro atoms. The first-order valence-corrected chi connectivity index (χ1v) is 12.5. The van der Waals surface area contributed by atoms with Gasteiger partial charge in [0.05, 0.1) is 16.3 Å². The molecule has 0 saturated carbocycles. The maximum Gasteiger partial charge on any atom is 0.235 e. The summed E-state index contributed by atoms with van der Waals surface area (Å²) >= 11 is 8.94. The molecule has 0 bridgehead atoms. The number of hydrogen-bond acceptors (Lipinski definition) is 7. The van der Waals surface area contributed by atoms with Crippen molar-refractivity contribution in [1.82, 2.24) is 14.8 Å². The molecule has 0 fully saturated rings. The summed E-state index contributed by atoms with van der Waals surface area (Å²) in [5.41, 5.74) is 1.75. The van der Waals surface area contributed by atoms with Crippen molar-refractivity contribution in [3.05, 3.63) is 51.1 Å². The molecule has 0 saturated heterocycles. The molecule has 1 aliphatic rings. The van der Waals surface area contributed by atoms with Gasteiger partial charge in [-0.25, -0.2) is 0 Å². The van der Waals surface area contributed by atoms with Crippen molar-refractivity contribution in [3.8, 4) is 11.8 Å². The van der Waals surface area contributed by atoms with Crippen molar-refractivity contribution >= 4 is 45.6 Å². The molecule has 3 aromatic rings. The standard InChI is InChI=1S/C22H22ClN5O2S2/c1-28-19(12-30-17-9-6-5-8-16(17)23)26-27-22(28)31-13-20(29)25-21-15(11-24)14-7-3-2-4-10-18(14)32-21/h5-6,8-9H,2-4,7,10,12-13H2,1H3,(H,25,29). The van der Waals surface area contributed by atoms with Crippen molar-refractivity contribution in [2.45, 2.75) is 43.9 Å². The van der Waals surface area contributed by atoms with Crippen LogP contribution >= 0.6 is 34.7 Å². The fourth-order valence-corrected chi connectivity index (χ4v) is 5.72. The van der Waals surface area contributed by atoms with E-state index in [0.717, 1.165) is 31.2 Å². The fourth-order valence-electron chi connectivity index (χ4n) is 3.54. The van der Waals surface area contributed by atoms with Crippen LogP contribution in [0, 0.1) is 11.3 Å². The Morgan fingerprint density at radius 2 is 2.12 bits per heavy atom. The number of aryl methyl sites for hydroxylation is 1. The molecule has 1 N–H and O–H groups in total. The van der Waals surface area contributed by atoms with Gasteiger partial charge in [0.1, 0.15) is 23.4 Å². The van der Waals surface area contributed by atoms with Crippen molar-refractivity contribution < 1.29 is 9.53 Å². The fraction of sp³-hybridized carbons (Fsp3) is 0.364. The molecule has 166 valence electrons. The van der Waals surface area contributed by atoms with Crippen LogP contribution in [0.25, 0.3) is 0 Å². The molecule has 4 rings (SSSR count). The average molecular weight is 488 g/mol. The number of para-hydroxylation sites is 1.